The predicted octanol–water partition coefficient (Wildman–Crippen LogP) is 2.00. The Morgan fingerprint density at radius 2 is 1.79 bits per heavy atom. The number of hydrogen-bond donors (Lipinski definition) is 2. The van der Waals surface area contributed by atoms with Gasteiger partial charge in [0.15, 0.2) is 0 Å². The van der Waals surface area contributed by atoms with E-state index in [-0.39, 0.29) is 12.4 Å². The summed E-state index contributed by atoms with van der Waals surface area (Å²) in [7, 11) is -3.38. The lowest BCUT2D eigenvalue weighted by Gasteiger charge is -2.10. The van der Waals surface area contributed by atoms with E-state index in [0.717, 1.165) is 24.1 Å². The highest BCUT2D eigenvalue weighted by atomic mass is 35.5. The second kappa shape index (κ2) is 8.53. The van der Waals surface area contributed by atoms with E-state index in [1.807, 2.05) is 26.0 Å². The van der Waals surface area contributed by atoms with E-state index >= 15 is 0 Å². The molecule has 0 saturated heterocycles. The second-order valence-electron chi connectivity index (χ2n) is 4.42. The van der Waals surface area contributed by atoms with Crippen LogP contribution in [0.5, 0.6) is 0 Å². The Bertz CT molecular complexity index is 489. The van der Waals surface area contributed by atoms with Crippen LogP contribution in [0.2, 0.25) is 0 Å². The number of halogens is 1. The van der Waals surface area contributed by atoms with Gasteiger partial charge >= 0.3 is 0 Å². The van der Waals surface area contributed by atoms with Gasteiger partial charge in [-0.2, -0.15) is 0 Å². The summed E-state index contributed by atoms with van der Waals surface area (Å²) >= 11 is 0. The average molecular weight is 307 g/mol. The van der Waals surface area contributed by atoms with Crippen molar-refractivity contribution in [3.05, 3.63) is 29.3 Å². The number of nitrogens with one attached hydrogen (secondary N) is 2. The molecule has 110 valence electrons. The summed E-state index contributed by atoms with van der Waals surface area (Å²) in [5, 5.41) is 3.16. The maximum atomic E-state index is 12.1. The molecule has 19 heavy (non-hydrogen) atoms. The average Bonchev–Trinajstić information content (AvgIpc) is 2.28. The molecule has 0 atom stereocenters. The molecule has 0 aliphatic heterocycles. The Balaban J connectivity index is 0.00000324. The van der Waals surface area contributed by atoms with Crippen molar-refractivity contribution in [2.75, 3.05) is 19.6 Å². The van der Waals surface area contributed by atoms with Crippen molar-refractivity contribution >= 4 is 22.4 Å². The molecule has 2 N–H and O–H groups in total. The van der Waals surface area contributed by atoms with Crippen LogP contribution in [-0.4, -0.2) is 28.1 Å². The Morgan fingerprint density at radius 1 is 1.11 bits per heavy atom. The highest BCUT2D eigenvalue weighted by Gasteiger charge is 2.15. The van der Waals surface area contributed by atoms with Crippen LogP contribution in [0.25, 0.3) is 0 Å². The summed E-state index contributed by atoms with van der Waals surface area (Å²) in [5.74, 6) is 0. The number of sulfonamides is 1. The monoisotopic (exact) mass is 306 g/mol. The molecule has 1 aromatic carbocycles. The van der Waals surface area contributed by atoms with E-state index in [1.165, 1.54) is 0 Å². The fourth-order valence-electron chi connectivity index (χ4n) is 1.75. The maximum Gasteiger partial charge on any atom is 0.240 e. The first-order valence-electron chi connectivity index (χ1n) is 6.25. The molecule has 0 unspecified atom stereocenters. The molecule has 0 bridgehead atoms. The smallest absolute Gasteiger partial charge is 0.240 e. The minimum atomic E-state index is -3.38. The van der Waals surface area contributed by atoms with Crippen LogP contribution in [0.1, 0.15) is 24.5 Å². The number of rotatable bonds is 7. The highest BCUT2D eigenvalue weighted by molar-refractivity contribution is 7.89. The maximum absolute atomic E-state index is 12.1. The molecule has 0 radical (unpaired) electrons. The molecule has 0 heterocycles. The molecular weight excluding hydrogens is 284 g/mol. The molecule has 1 aromatic rings. The molecule has 0 aliphatic carbocycles. The molecule has 1 rings (SSSR count). The van der Waals surface area contributed by atoms with E-state index in [2.05, 4.69) is 17.0 Å². The van der Waals surface area contributed by atoms with Crippen LogP contribution in [-0.2, 0) is 10.0 Å². The summed E-state index contributed by atoms with van der Waals surface area (Å²) in [6, 6.07) is 5.35. The van der Waals surface area contributed by atoms with Gasteiger partial charge in [-0.1, -0.05) is 24.6 Å². The van der Waals surface area contributed by atoms with Crippen molar-refractivity contribution in [1.82, 2.24) is 10.0 Å². The topological polar surface area (TPSA) is 58.2 Å². The largest absolute Gasteiger partial charge is 0.315 e. The first kappa shape index (κ1) is 18.4. The Morgan fingerprint density at radius 3 is 2.37 bits per heavy atom. The van der Waals surface area contributed by atoms with Crippen LogP contribution in [0.4, 0.5) is 0 Å². The van der Waals surface area contributed by atoms with Gasteiger partial charge in [0, 0.05) is 13.1 Å². The van der Waals surface area contributed by atoms with Gasteiger partial charge in [-0.05, 0) is 38.4 Å². The molecule has 0 aromatic heterocycles. The van der Waals surface area contributed by atoms with E-state index in [4.69, 9.17) is 0 Å². The molecular formula is C13H23ClN2O2S. The zero-order chi connectivity index (χ0) is 13.6. The summed E-state index contributed by atoms with van der Waals surface area (Å²) in [6.45, 7) is 7.81. The van der Waals surface area contributed by atoms with Crippen LogP contribution < -0.4 is 10.0 Å². The standard InChI is InChI=1S/C13H22N2O2S.ClH/c1-4-7-14-8-9-15-18(16,17)13-6-5-11(2)10-12(13)3;/h5-6,10,14-15H,4,7-9H2,1-3H3;1H. The van der Waals surface area contributed by atoms with Gasteiger partial charge in [0.1, 0.15) is 0 Å². The number of aryl methyl sites for hydroxylation is 2. The summed E-state index contributed by atoms with van der Waals surface area (Å²) in [5.41, 5.74) is 1.85. The zero-order valence-electron chi connectivity index (χ0n) is 11.7. The Labute approximate surface area is 122 Å². The molecule has 0 spiro atoms. The van der Waals surface area contributed by atoms with E-state index in [1.54, 1.807) is 6.07 Å². The normalized spacial score (nSPS) is 11.1. The summed E-state index contributed by atoms with van der Waals surface area (Å²) in [4.78, 5) is 0.364. The molecule has 0 amide bonds. The third kappa shape index (κ3) is 5.91. The van der Waals surface area contributed by atoms with E-state index in [9.17, 15) is 8.42 Å². The van der Waals surface area contributed by atoms with Crippen molar-refractivity contribution in [3.8, 4) is 0 Å². The Hall–Kier alpha value is -0.620. The van der Waals surface area contributed by atoms with Gasteiger partial charge in [-0.3, -0.25) is 0 Å². The highest BCUT2D eigenvalue weighted by Crippen LogP contribution is 2.15. The van der Waals surface area contributed by atoms with Crippen LogP contribution in [0.15, 0.2) is 23.1 Å². The van der Waals surface area contributed by atoms with Crippen LogP contribution in [0, 0.1) is 13.8 Å². The van der Waals surface area contributed by atoms with E-state index < -0.39 is 10.0 Å². The quantitative estimate of drug-likeness (QED) is 0.758. The molecule has 6 heteroatoms. The van der Waals surface area contributed by atoms with Gasteiger partial charge < -0.3 is 5.32 Å². The van der Waals surface area contributed by atoms with Crippen molar-refractivity contribution in [2.24, 2.45) is 0 Å². The third-order valence-corrected chi connectivity index (χ3v) is 4.26. The molecule has 4 nitrogen and oxygen atoms in total. The van der Waals surface area contributed by atoms with Crippen molar-refractivity contribution < 1.29 is 8.42 Å². The van der Waals surface area contributed by atoms with Crippen molar-refractivity contribution in [1.29, 1.82) is 0 Å². The van der Waals surface area contributed by atoms with Crippen molar-refractivity contribution in [2.45, 2.75) is 32.1 Å². The van der Waals surface area contributed by atoms with Crippen molar-refractivity contribution in [3.63, 3.8) is 0 Å². The van der Waals surface area contributed by atoms with Gasteiger partial charge in [0.2, 0.25) is 10.0 Å². The minimum absolute atomic E-state index is 0. The van der Waals surface area contributed by atoms with Gasteiger partial charge in [0.25, 0.3) is 0 Å². The lowest BCUT2D eigenvalue weighted by Crippen LogP contribution is -2.32. The minimum Gasteiger partial charge on any atom is -0.315 e. The van der Waals surface area contributed by atoms with Crippen LogP contribution >= 0.6 is 12.4 Å². The fraction of sp³-hybridized carbons (Fsp3) is 0.538. The predicted molar refractivity (Wildman–Crippen MR) is 81.5 cm³/mol. The molecule has 0 fully saturated rings. The Kier molecular flexibility index (Phi) is 8.25. The van der Waals surface area contributed by atoms with Gasteiger partial charge in [-0.25, -0.2) is 13.1 Å². The van der Waals surface area contributed by atoms with Gasteiger partial charge in [-0.15, -0.1) is 12.4 Å². The second-order valence-corrected chi connectivity index (χ2v) is 6.15. The van der Waals surface area contributed by atoms with E-state index in [0.29, 0.717) is 18.0 Å². The first-order chi connectivity index (χ1) is 8.47. The summed E-state index contributed by atoms with van der Waals surface area (Å²) in [6.07, 6.45) is 1.05. The summed E-state index contributed by atoms with van der Waals surface area (Å²) < 4.78 is 26.7. The molecule has 0 saturated carbocycles. The first-order valence-corrected chi connectivity index (χ1v) is 7.73. The van der Waals surface area contributed by atoms with Crippen LogP contribution in [0.3, 0.4) is 0 Å². The fourth-order valence-corrected chi connectivity index (χ4v) is 3.01. The third-order valence-electron chi connectivity index (χ3n) is 2.64. The lowest BCUT2D eigenvalue weighted by molar-refractivity contribution is 0.575. The lowest BCUT2D eigenvalue weighted by atomic mass is 10.2. The van der Waals surface area contributed by atoms with Gasteiger partial charge in [0.05, 0.1) is 4.90 Å². The number of hydrogen-bond acceptors (Lipinski definition) is 3. The SMILES string of the molecule is CCCNCCNS(=O)(=O)c1ccc(C)cc1C.Cl. The number of benzene rings is 1. The molecule has 0 aliphatic rings. The zero-order valence-corrected chi connectivity index (χ0v) is 13.3.